The maximum absolute atomic E-state index is 12.2. The van der Waals surface area contributed by atoms with E-state index in [-0.39, 0.29) is 18.0 Å². The predicted octanol–water partition coefficient (Wildman–Crippen LogP) is 1.67. The van der Waals surface area contributed by atoms with Gasteiger partial charge in [-0.1, -0.05) is 12.1 Å². The Hall–Kier alpha value is -3.78. The molecule has 1 N–H and O–H groups in total. The monoisotopic (exact) mass is 564 g/mol. The van der Waals surface area contributed by atoms with Gasteiger partial charge in [0, 0.05) is 34.7 Å². The Morgan fingerprint density at radius 3 is 2.31 bits per heavy atom. The zero-order valence-electron chi connectivity index (χ0n) is 22.5. The number of carbonyl (C=O) groups is 4. The third-order valence-corrected chi connectivity index (χ3v) is 6.24. The zero-order valence-corrected chi connectivity index (χ0v) is 23.4. The third kappa shape index (κ3) is 7.63. The van der Waals surface area contributed by atoms with Crippen LogP contribution in [0.1, 0.15) is 45.3 Å². The minimum atomic E-state index is -1.23. The normalized spacial score (nSPS) is 22.5. The summed E-state index contributed by atoms with van der Waals surface area (Å²) in [6.07, 6.45) is -4.68. The van der Waals surface area contributed by atoms with Crippen LogP contribution in [0.4, 0.5) is 0 Å². The first-order valence-corrected chi connectivity index (χ1v) is 12.5. The first kappa shape index (κ1) is 29.8. The van der Waals surface area contributed by atoms with E-state index in [0.717, 1.165) is 5.56 Å². The molecular formula is C25H32N4O9S. The van der Waals surface area contributed by atoms with E-state index in [4.69, 9.17) is 35.9 Å². The third-order valence-electron chi connectivity index (χ3n) is 5.78. The van der Waals surface area contributed by atoms with E-state index in [1.807, 2.05) is 31.2 Å². The molecule has 0 aliphatic carbocycles. The van der Waals surface area contributed by atoms with E-state index >= 15 is 0 Å². The lowest BCUT2D eigenvalue weighted by atomic mass is 9.95. The number of nitrogens with zero attached hydrogens (tertiary/aromatic N) is 3. The number of amides is 1. The van der Waals surface area contributed by atoms with E-state index in [1.54, 1.807) is 11.6 Å². The van der Waals surface area contributed by atoms with Gasteiger partial charge >= 0.3 is 17.9 Å². The molecular weight excluding hydrogens is 532 g/mol. The van der Waals surface area contributed by atoms with Crippen molar-refractivity contribution in [3.8, 4) is 5.75 Å². The largest absolute Gasteiger partial charge is 0.486 e. The maximum Gasteiger partial charge on any atom is 0.303 e. The highest BCUT2D eigenvalue weighted by Gasteiger charge is 2.52. The highest BCUT2D eigenvalue weighted by Crippen LogP contribution is 2.33. The van der Waals surface area contributed by atoms with E-state index in [9.17, 15) is 19.2 Å². The van der Waals surface area contributed by atoms with Crippen molar-refractivity contribution < 1.29 is 42.9 Å². The number of hydrogen-bond acceptors (Lipinski definition) is 11. The Balaban J connectivity index is 2.04. The molecule has 1 fully saturated rings. The molecule has 1 aromatic heterocycles. The van der Waals surface area contributed by atoms with Crippen molar-refractivity contribution in [2.45, 2.75) is 71.8 Å². The summed E-state index contributed by atoms with van der Waals surface area (Å²) in [6.45, 7) is 6.50. The first-order chi connectivity index (χ1) is 18.4. The summed E-state index contributed by atoms with van der Waals surface area (Å²) in [7, 11) is 1.69. The molecule has 0 saturated carbocycles. The molecule has 1 aliphatic rings. The van der Waals surface area contributed by atoms with Gasteiger partial charge in [0.2, 0.25) is 5.91 Å². The van der Waals surface area contributed by atoms with Crippen LogP contribution in [0.15, 0.2) is 24.3 Å². The summed E-state index contributed by atoms with van der Waals surface area (Å²) in [5.41, 5.74) is 1.03. The van der Waals surface area contributed by atoms with Crippen LogP contribution in [0, 0.1) is 11.7 Å². The molecule has 1 aromatic carbocycles. The molecule has 212 valence electrons. The second kappa shape index (κ2) is 12.8. The number of carbonyl (C=O) groups excluding carboxylic acids is 4. The fourth-order valence-electron chi connectivity index (χ4n) is 4.16. The number of nitrogens with one attached hydrogen (secondary N) is 1. The molecule has 1 aliphatic heterocycles. The van der Waals surface area contributed by atoms with Gasteiger partial charge in [-0.2, -0.15) is 5.10 Å². The Morgan fingerprint density at radius 1 is 1.05 bits per heavy atom. The van der Waals surface area contributed by atoms with Crippen molar-refractivity contribution in [2.24, 2.45) is 7.05 Å². The number of benzene rings is 1. The van der Waals surface area contributed by atoms with Crippen LogP contribution in [-0.4, -0.2) is 69.1 Å². The fraction of sp³-hybridized carbons (Fsp3) is 0.520. The van der Waals surface area contributed by atoms with Crippen LogP contribution in [0.2, 0.25) is 0 Å². The number of esters is 3. The Labute approximate surface area is 230 Å². The minimum Gasteiger partial charge on any atom is -0.486 e. The lowest BCUT2D eigenvalue weighted by Gasteiger charge is -2.45. The summed E-state index contributed by atoms with van der Waals surface area (Å²) in [5.74, 6) is -1.39. The van der Waals surface area contributed by atoms with Gasteiger partial charge in [0.25, 0.3) is 0 Å². The van der Waals surface area contributed by atoms with Crippen LogP contribution in [0.25, 0.3) is 0 Å². The van der Waals surface area contributed by atoms with Crippen LogP contribution >= 0.6 is 12.2 Å². The molecule has 1 saturated heterocycles. The summed E-state index contributed by atoms with van der Waals surface area (Å²) in [6, 6.07) is 6.42. The SMILES string of the molecule is CC(=O)N[C@@H]1[C@@H](OC(C)=O)[C@H](OC(C)=O)[C@@H](COC(C)=O)O[C@H]1n1nc(COc2cccc(C)c2)n(C)c1=S. The fourth-order valence-corrected chi connectivity index (χ4v) is 4.41. The first-order valence-electron chi connectivity index (χ1n) is 12.1. The van der Waals surface area contributed by atoms with E-state index in [1.165, 1.54) is 32.4 Å². The predicted molar refractivity (Wildman–Crippen MR) is 137 cm³/mol. The summed E-state index contributed by atoms with van der Waals surface area (Å²) in [5, 5.41) is 7.28. The highest BCUT2D eigenvalue weighted by atomic mass is 32.1. The summed E-state index contributed by atoms with van der Waals surface area (Å²) < 4.78 is 31.4. The molecule has 1 amide bonds. The zero-order chi connectivity index (χ0) is 28.9. The summed E-state index contributed by atoms with van der Waals surface area (Å²) >= 11 is 5.62. The second-order valence-electron chi connectivity index (χ2n) is 9.05. The van der Waals surface area contributed by atoms with Crippen LogP contribution < -0.4 is 10.1 Å². The molecule has 3 rings (SSSR count). The van der Waals surface area contributed by atoms with Crippen molar-refractivity contribution in [3.63, 3.8) is 0 Å². The van der Waals surface area contributed by atoms with Crippen molar-refractivity contribution >= 4 is 36.0 Å². The average Bonchev–Trinajstić information content (AvgIpc) is 3.11. The number of hydrogen-bond donors (Lipinski definition) is 1. The molecule has 13 nitrogen and oxygen atoms in total. The number of ether oxygens (including phenoxy) is 5. The van der Waals surface area contributed by atoms with Crippen molar-refractivity contribution in [1.82, 2.24) is 19.7 Å². The molecule has 39 heavy (non-hydrogen) atoms. The minimum absolute atomic E-state index is 0.0639. The van der Waals surface area contributed by atoms with Gasteiger partial charge in [-0.15, -0.1) is 0 Å². The van der Waals surface area contributed by atoms with E-state index in [2.05, 4.69) is 10.4 Å². The van der Waals surface area contributed by atoms with Gasteiger partial charge < -0.3 is 33.6 Å². The van der Waals surface area contributed by atoms with Gasteiger partial charge in [-0.25, -0.2) is 4.68 Å². The second-order valence-corrected chi connectivity index (χ2v) is 9.41. The van der Waals surface area contributed by atoms with Crippen LogP contribution in [0.5, 0.6) is 5.75 Å². The van der Waals surface area contributed by atoms with Gasteiger partial charge in [0.1, 0.15) is 31.1 Å². The molecule has 0 unspecified atom stereocenters. The molecule has 5 atom stereocenters. The van der Waals surface area contributed by atoms with Gasteiger partial charge in [-0.3, -0.25) is 19.2 Å². The number of aryl methyl sites for hydroxylation is 1. The van der Waals surface area contributed by atoms with Crippen molar-refractivity contribution in [3.05, 3.63) is 40.4 Å². The van der Waals surface area contributed by atoms with Gasteiger partial charge in [-0.05, 0) is 36.8 Å². The molecule has 14 heteroatoms. The van der Waals surface area contributed by atoms with E-state index < -0.39 is 54.4 Å². The Morgan fingerprint density at radius 2 is 1.72 bits per heavy atom. The molecule has 0 spiro atoms. The van der Waals surface area contributed by atoms with Crippen molar-refractivity contribution in [1.29, 1.82) is 0 Å². The standard InChI is InChI=1S/C25H32N4O9S/c1-13-8-7-9-18(10-13)35-12-20-27-29(25(39)28(20)6)24-21(26-14(2)30)23(37-17(5)33)22(36-16(4)32)19(38-24)11-34-15(3)31/h7-10,19,21-24H,11-12H2,1-6H3,(H,26,30)/t19-,21-,22-,23-,24-/m1/s1. The number of rotatable bonds is 9. The Bertz CT molecular complexity index is 1290. The topological polar surface area (TPSA) is 149 Å². The molecule has 0 bridgehead atoms. The number of aromatic nitrogens is 3. The van der Waals surface area contributed by atoms with Crippen LogP contribution in [0.3, 0.4) is 0 Å². The van der Waals surface area contributed by atoms with Crippen molar-refractivity contribution in [2.75, 3.05) is 6.61 Å². The lowest BCUT2D eigenvalue weighted by Crippen LogP contribution is -2.64. The average molecular weight is 565 g/mol. The van der Waals surface area contributed by atoms with Crippen LogP contribution in [-0.2, 0) is 51.8 Å². The maximum atomic E-state index is 12.2. The molecule has 2 heterocycles. The Kier molecular flexibility index (Phi) is 9.81. The van der Waals surface area contributed by atoms with E-state index in [0.29, 0.717) is 11.6 Å². The molecule has 0 radical (unpaired) electrons. The smallest absolute Gasteiger partial charge is 0.303 e. The van der Waals surface area contributed by atoms with Gasteiger partial charge in [0.15, 0.2) is 29.0 Å². The quantitative estimate of drug-likeness (QED) is 0.269. The van der Waals surface area contributed by atoms with Gasteiger partial charge in [0.05, 0.1) is 0 Å². The summed E-state index contributed by atoms with van der Waals surface area (Å²) in [4.78, 5) is 47.8. The molecule has 2 aromatic rings. The lowest BCUT2D eigenvalue weighted by molar-refractivity contribution is -0.239. The highest BCUT2D eigenvalue weighted by molar-refractivity contribution is 7.71.